The highest BCUT2D eigenvalue weighted by Gasteiger charge is 2.13. The number of para-hydroxylation sites is 2. The van der Waals surface area contributed by atoms with E-state index in [2.05, 4.69) is 5.32 Å². The monoisotopic (exact) mass is 270 g/mol. The lowest BCUT2D eigenvalue weighted by Gasteiger charge is -2.13. The molecular weight excluding hydrogens is 252 g/mol. The van der Waals surface area contributed by atoms with E-state index < -0.39 is 5.97 Å². The Bertz CT molecular complexity index is 624. The fraction of sp³-hybridized carbons (Fsp3) is 0.188. The Kier molecular flexibility index (Phi) is 4.25. The van der Waals surface area contributed by atoms with Gasteiger partial charge >= 0.3 is 5.97 Å². The molecule has 4 heteroatoms. The smallest absolute Gasteiger partial charge is 0.340 e. The molecule has 3 N–H and O–H groups in total. The van der Waals surface area contributed by atoms with Crippen molar-refractivity contribution in [2.24, 2.45) is 0 Å². The molecule has 0 amide bonds. The standard InChI is InChI=1S/C16H18N2O2/c1-3-20-16(19)12-8-6-10-14(15(12)17)18-13-9-5-4-7-11(13)2/h4-10,18H,3,17H2,1-2H3. The SMILES string of the molecule is CCOC(=O)c1cccc(Nc2ccccc2C)c1N. The zero-order valence-corrected chi connectivity index (χ0v) is 11.6. The lowest BCUT2D eigenvalue weighted by molar-refractivity contribution is 0.0527. The summed E-state index contributed by atoms with van der Waals surface area (Å²) in [7, 11) is 0. The van der Waals surface area contributed by atoms with E-state index in [4.69, 9.17) is 10.5 Å². The molecule has 0 aliphatic carbocycles. The van der Waals surface area contributed by atoms with Crippen molar-refractivity contribution in [1.82, 2.24) is 0 Å². The molecule has 0 atom stereocenters. The maximum absolute atomic E-state index is 11.8. The first-order chi connectivity index (χ1) is 9.63. The van der Waals surface area contributed by atoms with Crippen molar-refractivity contribution in [3.8, 4) is 0 Å². The summed E-state index contributed by atoms with van der Waals surface area (Å²) in [4.78, 5) is 11.8. The van der Waals surface area contributed by atoms with Gasteiger partial charge in [0.25, 0.3) is 0 Å². The molecule has 0 aromatic heterocycles. The summed E-state index contributed by atoms with van der Waals surface area (Å²) in [5.41, 5.74) is 9.59. The van der Waals surface area contributed by atoms with Crippen molar-refractivity contribution in [3.05, 3.63) is 53.6 Å². The highest BCUT2D eigenvalue weighted by Crippen LogP contribution is 2.28. The summed E-state index contributed by atoms with van der Waals surface area (Å²) in [5.74, 6) is -0.404. The summed E-state index contributed by atoms with van der Waals surface area (Å²) in [6.45, 7) is 4.10. The molecule has 0 spiro atoms. The highest BCUT2D eigenvalue weighted by atomic mass is 16.5. The van der Waals surface area contributed by atoms with Crippen molar-refractivity contribution >= 4 is 23.0 Å². The average Bonchev–Trinajstić information content (AvgIpc) is 2.43. The van der Waals surface area contributed by atoms with Gasteiger partial charge in [-0.1, -0.05) is 24.3 Å². The van der Waals surface area contributed by atoms with Gasteiger partial charge in [-0.05, 0) is 37.6 Å². The molecule has 0 saturated carbocycles. The van der Waals surface area contributed by atoms with Crippen molar-refractivity contribution in [2.45, 2.75) is 13.8 Å². The zero-order chi connectivity index (χ0) is 14.5. The van der Waals surface area contributed by atoms with Crippen LogP contribution in [0.1, 0.15) is 22.8 Å². The van der Waals surface area contributed by atoms with E-state index >= 15 is 0 Å². The maximum atomic E-state index is 11.8. The molecule has 0 fully saturated rings. The molecule has 0 bridgehead atoms. The summed E-state index contributed by atoms with van der Waals surface area (Å²) >= 11 is 0. The number of anilines is 3. The second kappa shape index (κ2) is 6.10. The van der Waals surface area contributed by atoms with Gasteiger partial charge in [0, 0.05) is 5.69 Å². The van der Waals surface area contributed by atoms with E-state index in [1.165, 1.54) is 0 Å². The predicted octanol–water partition coefficient (Wildman–Crippen LogP) is 3.50. The second-order valence-electron chi connectivity index (χ2n) is 4.43. The minimum atomic E-state index is -0.404. The van der Waals surface area contributed by atoms with Gasteiger partial charge in [-0.2, -0.15) is 0 Å². The number of benzene rings is 2. The van der Waals surface area contributed by atoms with E-state index in [1.807, 2.05) is 37.3 Å². The van der Waals surface area contributed by atoms with Crippen LogP contribution in [0.3, 0.4) is 0 Å². The molecule has 0 aliphatic heterocycles. The van der Waals surface area contributed by atoms with Gasteiger partial charge in [-0.3, -0.25) is 0 Å². The van der Waals surface area contributed by atoms with Gasteiger partial charge in [0.2, 0.25) is 0 Å². The lowest BCUT2D eigenvalue weighted by atomic mass is 10.1. The van der Waals surface area contributed by atoms with Crippen LogP contribution in [-0.2, 0) is 4.74 Å². The first-order valence-corrected chi connectivity index (χ1v) is 6.51. The number of nitrogen functional groups attached to an aromatic ring is 1. The molecule has 0 saturated heterocycles. The number of carbonyl (C=O) groups excluding carboxylic acids is 1. The number of rotatable bonds is 4. The number of hydrogen-bond acceptors (Lipinski definition) is 4. The van der Waals surface area contributed by atoms with Gasteiger partial charge in [0.15, 0.2) is 0 Å². The fourth-order valence-corrected chi connectivity index (χ4v) is 1.92. The quantitative estimate of drug-likeness (QED) is 0.659. The number of hydrogen-bond donors (Lipinski definition) is 2. The Morgan fingerprint density at radius 2 is 1.85 bits per heavy atom. The Hall–Kier alpha value is -2.49. The Labute approximate surface area is 118 Å². The van der Waals surface area contributed by atoms with Gasteiger partial charge in [-0.15, -0.1) is 0 Å². The first-order valence-electron chi connectivity index (χ1n) is 6.51. The molecule has 0 aliphatic rings. The third-order valence-electron chi connectivity index (χ3n) is 3.02. The summed E-state index contributed by atoms with van der Waals surface area (Å²) < 4.78 is 4.99. The molecule has 20 heavy (non-hydrogen) atoms. The summed E-state index contributed by atoms with van der Waals surface area (Å²) in [5, 5.41) is 3.25. The van der Waals surface area contributed by atoms with Gasteiger partial charge in [0.05, 0.1) is 23.5 Å². The van der Waals surface area contributed by atoms with Crippen LogP contribution in [0.4, 0.5) is 17.1 Å². The van der Waals surface area contributed by atoms with Crippen LogP contribution in [0.5, 0.6) is 0 Å². The number of carbonyl (C=O) groups is 1. The summed E-state index contributed by atoms with van der Waals surface area (Å²) in [6, 6.07) is 13.2. The van der Waals surface area contributed by atoms with Crippen molar-refractivity contribution < 1.29 is 9.53 Å². The molecule has 0 unspecified atom stereocenters. The topological polar surface area (TPSA) is 64.3 Å². The Morgan fingerprint density at radius 1 is 1.15 bits per heavy atom. The van der Waals surface area contributed by atoms with E-state index in [1.54, 1.807) is 19.1 Å². The van der Waals surface area contributed by atoms with E-state index in [9.17, 15) is 4.79 Å². The largest absolute Gasteiger partial charge is 0.462 e. The minimum Gasteiger partial charge on any atom is -0.462 e. The van der Waals surface area contributed by atoms with Crippen LogP contribution in [0.15, 0.2) is 42.5 Å². The third-order valence-corrected chi connectivity index (χ3v) is 3.02. The highest BCUT2D eigenvalue weighted by molar-refractivity contribution is 5.98. The van der Waals surface area contributed by atoms with Gasteiger partial charge < -0.3 is 15.8 Å². The average molecular weight is 270 g/mol. The number of aryl methyl sites for hydroxylation is 1. The van der Waals surface area contributed by atoms with Crippen LogP contribution in [-0.4, -0.2) is 12.6 Å². The van der Waals surface area contributed by atoms with E-state index in [0.717, 1.165) is 11.3 Å². The summed E-state index contributed by atoms with van der Waals surface area (Å²) in [6.07, 6.45) is 0. The van der Waals surface area contributed by atoms with Crippen molar-refractivity contribution in [3.63, 3.8) is 0 Å². The molecule has 0 heterocycles. The molecule has 104 valence electrons. The lowest BCUT2D eigenvalue weighted by Crippen LogP contribution is -2.09. The van der Waals surface area contributed by atoms with E-state index in [0.29, 0.717) is 23.5 Å². The predicted molar refractivity (Wildman–Crippen MR) is 81.3 cm³/mol. The van der Waals surface area contributed by atoms with Crippen LogP contribution in [0.2, 0.25) is 0 Å². The van der Waals surface area contributed by atoms with Crippen LogP contribution in [0, 0.1) is 6.92 Å². The number of nitrogens with one attached hydrogen (secondary N) is 1. The van der Waals surface area contributed by atoms with Crippen LogP contribution >= 0.6 is 0 Å². The van der Waals surface area contributed by atoms with Crippen LogP contribution < -0.4 is 11.1 Å². The Balaban J connectivity index is 2.32. The zero-order valence-electron chi connectivity index (χ0n) is 11.6. The van der Waals surface area contributed by atoms with Crippen molar-refractivity contribution in [1.29, 1.82) is 0 Å². The third kappa shape index (κ3) is 2.91. The minimum absolute atomic E-state index is 0.327. The number of ether oxygens (including phenoxy) is 1. The second-order valence-corrected chi connectivity index (χ2v) is 4.43. The van der Waals surface area contributed by atoms with Crippen molar-refractivity contribution in [2.75, 3.05) is 17.7 Å². The molecule has 2 rings (SSSR count). The van der Waals surface area contributed by atoms with Gasteiger partial charge in [-0.25, -0.2) is 4.79 Å². The van der Waals surface area contributed by atoms with Gasteiger partial charge in [0.1, 0.15) is 0 Å². The fourth-order valence-electron chi connectivity index (χ4n) is 1.92. The molecule has 2 aromatic rings. The first kappa shape index (κ1) is 13.9. The molecule has 4 nitrogen and oxygen atoms in total. The Morgan fingerprint density at radius 3 is 2.55 bits per heavy atom. The van der Waals surface area contributed by atoms with E-state index in [-0.39, 0.29) is 0 Å². The molecule has 2 aromatic carbocycles. The van der Waals surface area contributed by atoms with Crippen LogP contribution in [0.25, 0.3) is 0 Å². The normalized spacial score (nSPS) is 10.1. The maximum Gasteiger partial charge on any atom is 0.340 e. The molecular formula is C16H18N2O2. The molecule has 0 radical (unpaired) electrons. The number of esters is 1. The number of nitrogens with two attached hydrogens (primary N) is 1.